The van der Waals surface area contributed by atoms with Gasteiger partial charge in [0.25, 0.3) is 0 Å². The average molecular weight is 278 g/mol. The summed E-state index contributed by atoms with van der Waals surface area (Å²) < 4.78 is 13.9. The summed E-state index contributed by atoms with van der Waals surface area (Å²) in [5.41, 5.74) is 0.784. The maximum absolute atomic E-state index is 13.9. The lowest BCUT2D eigenvalue weighted by Crippen LogP contribution is -2.35. The molecule has 112 valence electrons. The molecule has 0 aromatic heterocycles. The van der Waals surface area contributed by atoms with Crippen LogP contribution in [0, 0.1) is 5.82 Å². The summed E-state index contributed by atoms with van der Waals surface area (Å²) in [6, 6.07) is 7.92. The molecule has 2 rings (SSSR count). The quantitative estimate of drug-likeness (QED) is 0.852. The molecule has 1 aromatic rings. The third-order valence-corrected chi connectivity index (χ3v) is 4.60. The maximum atomic E-state index is 13.9. The highest BCUT2D eigenvalue weighted by Crippen LogP contribution is 2.24. The number of halogens is 1. The zero-order valence-corrected chi connectivity index (χ0v) is 12.7. The molecule has 0 bridgehead atoms. The van der Waals surface area contributed by atoms with E-state index in [1.54, 1.807) is 12.1 Å². The lowest BCUT2D eigenvalue weighted by Gasteiger charge is -2.32. The van der Waals surface area contributed by atoms with Gasteiger partial charge in [0.05, 0.1) is 0 Å². The van der Waals surface area contributed by atoms with Gasteiger partial charge in [0, 0.05) is 17.6 Å². The summed E-state index contributed by atoms with van der Waals surface area (Å²) >= 11 is 0. The highest BCUT2D eigenvalue weighted by molar-refractivity contribution is 5.21. The van der Waals surface area contributed by atoms with Crippen molar-refractivity contribution in [3.05, 3.63) is 35.6 Å². The number of hydrogen-bond acceptors (Lipinski definition) is 2. The van der Waals surface area contributed by atoms with Crippen molar-refractivity contribution < 1.29 is 4.39 Å². The number of nitrogens with one attached hydrogen (secondary N) is 1. The number of benzene rings is 1. The first kappa shape index (κ1) is 15.5. The summed E-state index contributed by atoms with van der Waals surface area (Å²) in [6.07, 6.45) is 7.69. The molecule has 1 saturated carbocycles. The van der Waals surface area contributed by atoms with Gasteiger partial charge in [-0.3, -0.25) is 0 Å². The highest BCUT2D eigenvalue weighted by Gasteiger charge is 2.20. The van der Waals surface area contributed by atoms with Crippen molar-refractivity contribution in [3.8, 4) is 0 Å². The Bertz CT molecular complexity index is 402. The fourth-order valence-electron chi connectivity index (χ4n) is 3.25. The fraction of sp³-hybridized carbons (Fsp3) is 0.647. The van der Waals surface area contributed by atoms with E-state index in [4.69, 9.17) is 0 Å². The normalized spacial score (nSPS) is 18.4. The minimum Gasteiger partial charge on any atom is -0.313 e. The van der Waals surface area contributed by atoms with Crippen molar-refractivity contribution in [3.63, 3.8) is 0 Å². The van der Waals surface area contributed by atoms with Crippen LogP contribution in [0.5, 0.6) is 0 Å². The van der Waals surface area contributed by atoms with Gasteiger partial charge in [0.15, 0.2) is 0 Å². The standard InChI is InChI=1S/C17H27FN2/c1-19-17(15-10-6-7-11-16(15)18)12-13-20(2)14-8-4-3-5-9-14/h6-7,10-11,14,17,19H,3-5,8-9,12-13H2,1-2H3. The van der Waals surface area contributed by atoms with E-state index in [2.05, 4.69) is 17.3 Å². The van der Waals surface area contributed by atoms with E-state index in [1.807, 2.05) is 19.2 Å². The van der Waals surface area contributed by atoms with Gasteiger partial charge in [0.1, 0.15) is 5.82 Å². The molecule has 2 nitrogen and oxygen atoms in total. The van der Waals surface area contributed by atoms with Gasteiger partial charge < -0.3 is 10.2 Å². The van der Waals surface area contributed by atoms with E-state index in [0.717, 1.165) is 24.6 Å². The van der Waals surface area contributed by atoms with E-state index in [0.29, 0.717) is 0 Å². The molecular weight excluding hydrogens is 251 g/mol. The topological polar surface area (TPSA) is 15.3 Å². The van der Waals surface area contributed by atoms with Crippen LogP contribution in [0.25, 0.3) is 0 Å². The van der Waals surface area contributed by atoms with Crippen LogP contribution in [-0.2, 0) is 0 Å². The molecule has 0 amide bonds. The minimum atomic E-state index is -0.104. The molecule has 1 aliphatic carbocycles. The SMILES string of the molecule is CNC(CCN(C)C1CCCCC1)c1ccccc1F. The molecule has 1 fully saturated rings. The van der Waals surface area contributed by atoms with Crippen LogP contribution in [0.4, 0.5) is 4.39 Å². The Labute approximate surface area is 122 Å². The Kier molecular flexibility index (Phi) is 5.99. The molecule has 1 atom stereocenters. The van der Waals surface area contributed by atoms with E-state index in [1.165, 1.54) is 32.1 Å². The molecule has 0 heterocycles. The molecule has 1 aliphatic rings. The van der Waals surface area contributed by atoms with E-state index >= 15 is 0 Å². The summed E-state index contributed by atoms with van der Waals surface area (Å²) in [6.45, 7) is 1.02. The predicted molar refractivity (Wildman–Crippen MR) is 82.3 cm³/mol. The molecule has 1 N–H and O–H groups in total. The lowest BCUT2D eigenvalue weighted by molar-refractivity contribution is 0.184. The largest absolute Gasteiger partial charge is 0.313 e. The Balaban J connectivity index is 1.89. The van der Waals surface area contributed by atoms with E-state index < -0.39 is 0 Å². The van der Waals surface area contributed by atoms with Crippen molar-refractivity contribution in [2.24, 2.45) is 0 Å². The Hall–Kier alpha value is -0.930. The van der Waals surface area contributed by atoms with Crippen molar-refractivity contribution in [1.82, 2.24) is 10.2 Å². The first-order valence-electron chi connectivity index (χ1n) is 7.84. The van der Waals surface area contributed by atoms with Gasteiger partial charge >= 0.3 is 0 Å². The molecule has 1 aromatic carbocycles. The first-order valence-corrected chi connectivity index (χ1v) is 7.84. The summed E-state index contributed by atoms with van der Waals surface area (Å²) in [4.78, 5) is 2.46. The fourth-order valence-corrected chi connectivity index (χ4v) is 3.25. The number of hydrogen-bond donors (Lipinski definition) is 1. The molecule has 1 unspecified atom stereocenters. The molecule has 0 radical (unpaired) electrons. The number of rotatable bonds is 6. The van der Waals surface area contributed by atoms with Crippen LogP contribution < -0.4 is 5.32 Å². The molecule has 0 aliphatic heterocycles. The zero-order valence-electron chi connectivity index (χ0n) is 12.7. The van der Waals surface area contributed by atoms with Crippen molar-refractivity contribution >= 4 is 0 Å². The van der Waals surface area contributed by atoms with E-state index in [9.17, 15) is 4.39 Å². The Morgan fingerprint density at radius 2 is 1.95 bits per heavy atom. The molecule has 0 saturated heterocycles. The summed E-state index contributed by atoms with van der Waals surface area (Å²) in [5.74, 6) is -0.104. The van der Waals surface area contributed by atoms with Gasteiger partial charge in [0.2, 0.25) is 0 Å². The summed E-state index contributed by atoms with van der Waals surface area (Å²) in [7, 11) is 4.13. The second-order valence-corrected chi connectivity index (χ2v) is 5.92. The molecule has 0 spiro atoms. The van der Waals surface area contributed by atoms with Gasteiger partial charge in [-0.15, -0.1) is 0 Å². The van der Waals surface area contributed by atoms with Gasteiger partial charge in [-0.05, 0) is 46.0 Å². The number of nitrogens with zero attached hydrogens (tertiary/aromatic N) is 1. The summed E-state index contributed by atoms with van der Waals surface area (Å²) in [5, 5.41) is 3.25. The van der Waals surface area contributed by atoms with Crippen molar-refractivity contribution in [1.29, 1.82) is 0 Å². The van der Waals surface area contributed by atoms with Crippen LogP contribution in [0.15, 0.2) is 24.3 Å². The Morgan fingerprint density at radius 3 is 2.60 bits per heavy atom. The predicted octanol–water partition coefficient (Wildman–Crippen LogP) is 3.74. The molecule has 20 heavy (non-hydrogen) atoms. The van der Waals surface area contributed by atoms with E-state index in [-0.39, 0.29) is 11.9 Å². The Morgan fingerprint density at radius 1 is 1.25 bits per heavy atom. The van der Waals surface area contributed by atoms with Crippen LogP contribution in [0.1, 0.15) is 50.1 Å². The maximum Gasteiger partial charge on any atom is 0.127 e. The monoisotopic (exact) mass is 278 g/mol. The molecular formula is C17H27FN2. The van der Waals surface area contributed by atoms with Crippen LogP contribution in [0.3, 0.4) is 0 Å². The lowest BCUT2D eigenvalue weighted by atomic mass is 9.94. The molecule has 3 heteroatoms. The zero-order chi connectivity index (χ0) is 14.4. The second-order valence-electron chi connectivity index (χ2n) is 5.92. The first-order chi connectivity index (χ1) is 9.72. The smallest absolute Gasteiger partial charge is 0.127 e. The van der Waals surface area contributed by atoms with Crippen LogP contribution in [-0.4, -0.2) is 31.6 Å². The highest BCUT2D eigenvalue weighted by atomic mass is 19.1. The third-order valence-electron chi connectivity index (χ3n) is 4.60. The third kappa shape index (κ3) is 4.03. The van der Waals surface area contributed by atoms with Gasteiger partial charge in [-0.2, -0.15) is 0 Å². The van der Waals surface area contributed by atoms with Crippen molar-refractivity contribution in [2.75, 3.05) is 20.6 Å². The van der Waals surface area contributed by atoms with Crippen LogP contribution >= 0.6 is 0 Å². The van der Waals surface area contributed by atoms with Gasteiger partial charge in [-0.25, -0.2) is 4.39 Å². The second kappa shape index (κ2) is 7.75. The van der Waals surface area contributed by atoms with Gasteiger partial charge in [-0.1, -0.05) is 37.5 Å². The van der Waals surface area contributed by atoms with Crippen molar-refractivity contribution in [2.45, 2.75) is 50.6 Å². The average Bonchev–Trinajstić information content (AvgIpc) is 2.50. The minimum absolute atomic E-state index is 0.0993. The van der Waals surface area contributed by atoms with Crippen LogP contribution in [0.2, 0.25) is 0 Å².